The molecule has 6 nitrogen and oxygen atoms in total. The zero-order chi connectivity index (χ0) is 16.3. The molecule has 0 unspecified atom stereocenters. The minimum absolute atomic E-state index is 0.0168. The smallest absolute Gasteiger partial charge is 0.359 e. The van der Waals surface area contributed by atoms with Crippen LogP contribution in [0, 0.1) is 0 Å². The zero-order valence-electron chi connectivity index (χ0n) is 12.5. The molecule has 22 heavy (non-hydrogen) atoms. The Balaban J connectivity index is 2.05. The van der Waals surface area contributed by atoms with Gasteiger partial charge in [-0.15, -0.1) is 0 Å². The van der Waals surface area contributed by atoms with Gasteiger partial charge in [-0.2, -0.15) is 13.2 Å². The molecular weight excluding hydrogens is 299 g/mol. The van der Waals surface area contributed by atoms with E-state index in [9.17, 15) is 18.0 Å². The third-order valence-electron chi connectivity index (χ3n) is 3.54. The zero-order valence-corrected chi connectivity index (χ0v) is 12.5. The van der Waals surface area contributed by atoms with Gasteiger partial charge in [-0.05, 0) is 0 Å². The second-order valence-corrected chi connectivity index (χ2v) is 5.26. The topological polar surface area (TPSA) is 52.6 Å². The number of rotatable bonds is 4. The van der Waals surface area contributed by atoms with Crippen LogP contribution in [-0.4, -0.2) is 67.2 Å². The third kappa shape index (κ3) is 4.22. The molecule has 0 N–H and O–H groups in total. The van der Waals surface area contributed by atoms with Crippen LogP contribution in [0.3, 0.4) is 0 Å². The molecule has 9 heteroatoms. The van der Waals surface area contributed by atoms with Gasteiger partial charge in [0.1, 0.15) is 18.0 Å². The van der Waals surface area contributed by atoms with Crippen LogP contribution in [0.2, 0.25) is 0 Å². The summed E-state index contributed by atoms with van der Waals surface area (Å²) in [5.74, 6) is 0.933. The van der Waals surface area contributed by atoms with Crippen molar-refractivity contribution in [1.29, 1.82) is 0 Å². The fraction of sp³-hybridized carbons (Fsp3) is 0.615. The molecule has 2 rings (SSSR count). The van der Waals surface area contributed by atoms with Crippen LogP contribution in [0.1, 0.15) is 6.42 Å². The molecule has 1 saturated heterocycles. The number of piperazine rings is 1. The predicted molar refractivity (Wildman–Crippen MR) is 75.8 cm³/mol. The number of hydrogen-bond donors (Lipinski definition) is 0. The monoisotopic (exact) mass is 317 g/mol. The van der Waals surface area contributed by atoms with Crippen LogP contribution in [-0.2, 0) is 4.79 Å². The molecule has 1 fully saturated rings. The van der Waals surface area contributed by atoms with Gasteiger partial charge in [-0.1, -0.05) is 0 Å². The lowest BCUT2D eigenvalue weighted by molar-refractivity contribution is -0.132. The largest absolute Gasteiger partial charge is 0.390 e. The van der Waals surface area contributed by atoms with Crippen molar-refractivity contribution < 1.29 is 18.0 Å². The van der Waals surface area contributed by atoms with Gasteiger partial charge >= 0.3 is 6.18 Å². The Labute approximate surface area is 126 Å². The average molecular weight is 317 g/mol. The van der Waals surface area contributed by atoms with Gasteiger partial charge in [0.05, 0.1) is 13.0 Å². The number of halogens is 3. The van der Waals surface area contributed by atoms with Crippen molar-refractivity contribution in [2.45, 2.75) is 12.6 Å². The molecule has 1 amide bonds. The molecule has 1 aromatic rings. The molecule has 0 spiro atoms. The molecule has 122 valence electrons. The highest BCUT2D eigenvalue weighted by Crippen LogP contribution is 2.22. The fourth-order valence-electron chi connectivity index (χ4n) is 2.08. The Morgan fingerprint density at radius 1 is 1.32 bits per heavy atom. The molecule has 0 aliphatic carbocycles. The minimum Gasteiger partial charge on any atom is -0.359 e. The molecule has 1 aromatic heterocycles. The summed E-state index contributed by atoms with van der Waals surface area (Å²) in [6, 6.07) is 1.61. The predicted octanol–water partition coefficient (Wildman–Crippen LogP) is 1.14. The van der Waals surface area contributed by atoms with E-state index in [2.05, 4.69) is 9.97 Å². The molecule has 2 heterocycles. The number of carbonyl (C=O) groups excluding carboxylic acids is 1. The van der Waals surface area contributed by atoms with E-state index in [1.54, 1.807) is 30.0 Å². The van der Waals surface area contributed by atoms with E-state index in [-0.39, 0.29) is 19.0 Å². The number of aromatic nitrogens is 2. The van der Waals surface area contributed by atoms with Crippen LogP contribution in [0.4, 0.5) is 24.8 Å². The lowest BCUT2D eigenvalue weighted by Crippen LogP contribution is -2.48. The fourth-order valence-corrected chi connectivity index (χ4v) is 2.08. The summed E-state index contributed by atoms with van der Waals surface area (Å²) in [5.41, 5.74) is 0. The van der Waals surface area contributed by atoms with Gasteiger partial charge in [0.15, 0.2) is 0 Å². The van der Waals surface area contributed by atoms with E-state index in [1.165, 1.54) is 11.2 Å². The van der Waals surface area contributed by atoms with Gasteiger partial charge in [-0.3, -0.25) is 4.79 Å². The summed E-state index contributed by atoms with van der Waals surface area (Å²) in [4.78, 5) is 24.7. The molecule has 0 saturated carbocycles. The maximum atomic E-state index is 12.3. The van der Waals surface area contributed by atoms with Crippen molar-refractivity contribution in [3.05, 3.63) is 12.4 Å². The number of hydrogen-bond acceptors (Lipinski definition) is 5. The van der Waals surface area contributed by atoms with Gasteiger partial charge in [0.25, 0.3) is 0 Å². The second kappa shape index (κ2) is 6.37. The highest BCUT2D eigenvalue weighted by Gasteiger charge is 2.27. The summed E-state index contributed by atoms with van der Waals surface area (Å²) in [6.45, 7) is 1.24. The Bertz CT molecular complexity index is 537. The number of carbonyl (C=O) groups is 1. The van der Waals surface area contributed by atoms with Crippen molar-refractivity contribution >= 4 is 17.5 Å². The number of alkyl halides is 3. The average Bonchev–Trinajstić information content (AvgIpc) is 2.47. The summed E-state index contributed by atoms with van der Waals surface area (Å²) < 4.78 is 36.8. The van der Waals surface area contributed by atoms with Crippen molar-refractivity contribution in [2.75, 3.05) is 50.1 Å². The highest BCUT2D eigenvalue weighted by molar-refractivity contribution is 5.82. The Morgan fingerprint density at radius 3 is 2.68 bits per heavy atom. The Hall–Kier alpha value is -2.06. The number of nitrogens with zero attached hydrogens (tertiary/aromatic N) is 5. The number of anilines is 2. The molecule has 0 atom stereocenters. The molecule has 0 radical (unpaired) electrons. The molecule has 0 aromatic carbocycles. The van der Waals surface area contributed by atoms with Gasteiger partial charge in [-0.25, -0.2) is 9.97 Å². The summed E-state index contributed by atoms with van der Waals surface area (Å²) in [6.07, 6.45) is -3.80. The quantitative estimate of drug-likeness (QED) is 0.834. The van der Waals surface area contributed by atoms with E-state index in [1.807, 2.05) is 0 Å². The second-order valence-electron chi connectivity index (χ2n) is 5.26. The van der Waals surface area contributed by atoms with Gasteiger partial charge in [0.2, 0.25) is 5.91 Å². The van der Waals surface area contributed by atoms with Crippen molar-refractivity contribution in [3.8, 4) is 0 Å². The summed E-state index contributed by atoms with van der Waals surface area (Å²) in [5, 5.41) is 0. The van der Waals surface area contributed by atoms with Crippen LogP contribution in [0.15, 0.2) is 12.4 Å². The Kier molecular flexibility index (Phi) is 4.72. The van der Waals surface area contributed by atoms with Crippen molar-refractivity contribution in [3.63, 3.8) is 0 Å². The number of likely N-dealkylation sites (N-methyl/N-ethyl adjacent to an activating group) is 1. The normalized spacial score (nSPS) is 16.1. The molecule has 1 aliphatic rings. The molecule has 1 aliphatic heterocycles. The van der Waals surface area contributed by atoms with E-state index >= 15 is 0 Å². The third-order valence-corrected chi connectivity index (χ3v) is 3.54. The lowest BCUT2D eigenvalue weighted by atomic mass is 10.3. The van der Waals surface area contributed by atoms with Crippen LogP contribution >= 0.6 is 0 Å². The van der Waals surface area contributed by atoms with E-state index in [0.29, 0.717) is 24.7 Å². The van der Waals surface area contributed by atoms with Crippen molar-refractivity contribution in [2.24, 2.45) is 0 Å². The maximum absolute atomic E-state index is 12.3. The first-order valence-electron chi connectivity index (χ1n) is 6.85. The molecule has 0 bridgehead atoms. The van der Waals surface area contributed by atoms with Crippen LogP contribution in [0.5, 0.6) is 0 Å². The van der Waals surface area contributed by atoms with E-state index in [4.69, 9.17) is 0 Å². The SMILES string of the molecule is CN1CCN(c2cc(N(C)CCC(F)(F)F)ncn2)CC1=O. The van der Waals surface area contributed by atoms with Crippen molar-refractivity contribution in [1.82, 2.24) is 14.9 Å². The minimum atomic E-state index is -4.20. The van der Waals surface area contributed by atoms with Crippen LogP contribution in [0.25, 0.3) is 0 Å². The van der Waals surface area contributed by atoms with E-state index in [0.717, 1.165) is 0 Å². The standard InChI is InChI=1S/C13H18F3N5O/c1-19(4-3-13(14,15)16)10-7-11(18-9-17-10)21-6-5-20(2)12(22)8-21/h7,9H,3-6,8H2,1-2H3. The first-order valence-corrected chi connectivity index (χ1v) is 6.85. The lowest BCUT2D eigenvalue weighted by Gasteiger charge is -2.33. The number of amides is 1. The first-order chi connectivity index (χ1) is 10.3. The summed E-state index contributed by atoms with van der Waals surface area (Å²) in [7, 11) is 3.28. The maximum Gasteiger partial charge on any atom is 0.390 e. The first kappa shape index (κ1) is 16.3. The summed E-state index contributed by atoms with van der Waals surface area (Å²) >= 11 is 0. The molecular formula is C13H18F3N5O. The van der Waals surface area contributed by atoms with Crippen LogP contribution < -0.4 is 9.80 Å². The van der Waals surface area contributed by atoms with E-state index < -0.39 is 12.6 Å². The van der Waals surface area contributed by atoms with Gasteiger partial charge < -0.3 is 14.7 Å². The van der Waals surface area contributed by atoms with Gasteiger partial charge in [0, 0.05) is 39.8 Å². The Morgan fingerprint density at radius 2 is 2.05 bits per heavy atom. The highest BCUT2D eigenvalue weighted by atomic mass is 19.4.